The van der Waals surface area contributed by atoms with Crippen LogP contribution >= 0.6 is 0 Å². The number of aliphatic imine (C=N–C) groups is 2. The third-order valence-electron chi connectivity index (χ3n) is 4.22. The van der Waals surface area contributed by atoms with E-state index in [1.54, 1.807) is 23.8 Å². The van der Waals surface area contributed by atoms with Crippen molar-refractivity contribution in [3.05, 3.63) is 35.5 Å². The third kappa shape index (κ3) is 3.81. The number of aromatic nitrogens is 2. The Kier molecular flexibility index (Phi) is 5.49. The number of ether oxygens (including phenoxy) is 1. The molecule has 0 saturated heterocycles. The van der Waals surface area contributed by atoms with Gasteiger partial charge in [0.2, 0.25) is 5.88 Å². The molecule has 1 aliphatic heterocycles. The highest BCUT2D eigenvalue weighted by molar-refractivity contribution is 6.07. The molecule has 8 nitrogen and oxygen atoms in total. The number of alkyl halides is 1. The van der Waals surface area contributed by atoms with Crippen molar-refractivity contribution in [2.75, 3.05) is 26.9 Å². The topological polar surface area (TPSA) is 101 Å². The lowest BCUT2D eigenvalue weighted by atomic mass is 10.2. The van der Waals surface area contributed by atoms with Gasteiger partial charge >= 0.3 is 0 Å². The molecule has 0 fully saturated rings. The number of carbonyl (C=O) groups excluding carboxylic acids is 1. The Bertz CT molecular complexity index is 961. The number of nitrogens with zero attached hydrogens (tertiary/aromatic N) is 4. The first kappa shape index (κ1) is 18.6. The first-order valence-electron chi connectivity index (χ1n) is 8.38. The number of rotatable bonds is 6. The lowest BCUT2D eigenvalue weighted by molar-refractivity contribution is 0.0952. The summed E-state index contributed by atoms with van der Waals surface area (Å²) in [6.07, 6.45) is 4.69. The molecule has 2 N–H and O–H groups in total. The van der Waals surface area contributed by atoms with E-state index in [0.29, 0.717) is 46.7 Å². The second-order valence-electron chi connectivity index (χ2n) is 5.91. The fourth-order valence-electron chi connectivity index (χ4n) is 2.76. The number of halogens is 1. The van der Waals surface area contributed by atoms with Gasteiger partial charge < -0.3 is 19.7 Å². The number of nitrogens with one attached hydrogen (secondary N) is 1. The number of pyridine rings is 1. The van der Waals surface area contributed by atoms with Gasteiger partial charge in [-0.1, -0.05) is 0 Å². The van der Waals surface area contributed by atoms with Gasteiger partial charge in [0.25, 0.3) is 5.91 Å². The Hall–Kier alpha value is -3.23. The second-order valence-corrected chi connectivity index (χ2v) is 5.91. The van der Waals surface area contributed by atoms with Crippen molar-refractivity contribution in [3.8, 4) is 5.75 Å². The fraction of sp³-hybridized carbons (Fsp3) is 0.333. The zero-order valence-electron chi connectivity index (χ0n) is 15.1. The molecule has 1 aliphatic rings. The first-order valence-corrected chi connectivity index (χ1v) is 8.38. The molecule has 0 aromatic carbocycles. The highest BCUT2D eigenvalue weighted by atomic mass is 19.1. The minimum Gasteiger partial charge on any atom is -0.495 e. The molecule has 2 aromatic heterocycles. The second kappa shape index (κ2) is 7.98. The van der Waals surface area contributed by atoms with E-state index in [0.717, 1.165) is 0 Å². The van der Waals surface area contributed by atoms with E-state index in [2.05, 4.69) is 20.3 Å². The molecule has 27 heavy (non-hydrogen) atoms. The van der Waals surface area contributed by atoms with Crippen LogP contribution in [0.5, 0.6) is 5.75 Å². The Morgan fingerprint density at radius 1 is 1.48 bits per heavy atom. The van der Waals surface area contributed by atoms with Gasteiger partial charge in [0.1, 0.15) is 17.9 Å². The van der Waals surface area contributed by atoms with E-state index in [1.807, 2.05) is 0 Å². The maximum Gasteiger partial charge on any atom is 0.255 e. The largest absolute Gasteiger partial charge is 0.495 e. The maximum absolute atomic E-state index is 12.4. The molecule has 0 radical (unpaired) electrons. The number of amides is 1. The molecule has 0 saturated carbocycles. The van der Waals surface area contributed by atoms with Crippen LogP contribution in [0.4, 0.5) is 4.39 Å². The van der Waals surface area contributed by atoms with Gasteiger partial charge in [0.05, 0.1) is 43.2 Å². The highest BCUT2D eigenvalue weighted by Crippen LogP contribution is 2.24. The Morgan fingerprint density at radius 3 is 3.04 bits per heavy atom. The summed E-state index contributed by atoms with van der Waals surface area (Å²) in [6.45, 7) is 1.67. The molecule has 0 atom stereocenters. The van der Waals surface area contributed by atoms with Crippen molar-refractivity contribution < 1.29 is 19.0 Å². The van der Waals surface area contributed by atoms with E-state index in [9.17, 15) is 14.3 Å². The van der Waals surface area contributed by atoms with Crippen LogP contribution in [0, 0.1) is 0 Å². The van der Waals surface area contributed by atoms with E-state index in [-0.39, 0.29) is 12.4 Å². The number of hydrogen-bond acceptors (Lipinski definition) is 6. The summed E-state index contributed by atoms with van der Waals surface area (Å²) in [6, 6.07) is 1.76. The van der Waals surface area contributed by atoms with Crippen LogP contribution in [0.2, 0.25) is 0 Å². The van der Waals surface area contributed by atoms with E-state index in [1.165, 1.54) is 19.5 Å². The lowest BCUT2D eigenvalue weighted by Crippen LogP contribution is -2.25. The fourth-order valence-corrected chi connectivity index (χ4v) is 2.76. The predicted octanol–water partition coefficient (Wildman–Crippen LogP) is 2.06. The molecule has 2 aromatic rings. The highest BCUT2D eigenvalue weighted by Gasteiger charge is 2.19. The molecule has 3 rings (SSSR count). The number of methoxy groups -OCH3 is 1. The summed E-state index contributed by atoms with van der Waals surface area (Å²) < 4.78 is 19.4. The third-order valence-corrected chi connectivity index (χ3v) is 4.22. The van der Waals surface area contributed by atoms with Gasteiger partial charge in [-0.25, -0.2) is 14.4 Å². The van der Waals surface area contributed by atoms with E-state index >= 15 is 0 Å². The van der Waals surface area contributed by atoms with Crippen LogP contribution < -0.4 is 10.1 Å². The monoisotopic (exact) mass is 373 g/mol. The van der Waals surface area contributed by atoms with Crippen molar-refractivity contribution in [2.45, 2.75) is 13.5 Å². The normalized spacial score (nSPS) is 14.3. The molecular weight excluding hydrogens is 353 g/mol. The Balaban J connectivity index is 2.05. The molecule has 9 heteroatoms. The summed E-state index contributed by atoms with van der Waals surface area (Å²) in [5, 5.41) is 12.5. The minimum atomic E-state index is -0.647. The molecule has 0 unspecified atom stereocenters. The predicted molar refractivity (Wildman–Crippen MR) is 101 cm³/mol. The van der Waals surface area contributed by atoms with E-state index < -0.39 is 12.6 Å². The number of aliphatic hydroxyl groups excluding tert-OH is 1. The zero-order chi connectivity index (χ0) is 19.4. The first-order chi connectivity index (χ1) is 13.0. The number of allylic oxidation sites excluding steroid dienone is 1. The standard InChI is InChI=1S/C18H20FN5O3/c1-11-14(20-5-6-22-17(11)25)10-24-9-13(18(26)21-4-3-19)16-15(24)7-12(27-2)8-23-16/h6-9,25H,3-5,10H2,1-2H3,(H,21,26). The summed E-state index contributed by atoms with van der Waals surface area (Å²) in [4.78, 5) is 25.0. The lowest BCUT2D eigenvalue weighted by Gasteiger charge is -2.09. The van der Waals surface area contributed by atoms with Crippen molar-refractivity contribution in [1.82, 2.24) is 14.9 Å². The number of fused-ring (bicyclic) bond motifs is 1. The summed E-state index contributed by atoms with van der Waals surface area (Å²) >= 11 is 0. The molecular formula is C18H20FN5O3. The average Bonchev–Trinajstić information content (AvgIpc) is 2.96. The van der Waals surface area contributed by atoms with Crippen LogP contribution in [0.3, 0.4) is 0 Å². The van der Waals surface area contributed by atoms with Gasteiger partial charge in [0.15, 0.2) is 0 Å². The molecule has 3 heterocycles. The molecule has 0 aliphatic carbocycles. The van der Waals surface area contributed by atoms with E-state index in [4.69, 9.17) is 4.74 Å². The molecule has 0 bridgehead atoms. The maximum atomic E-state index is 12.4. The summed E-state index contributed by atoms with van der Waals surface area (Å²) in [7, 11) is 1.53. The zero-order valence-corrected chi connectivity index (χ0v) is 15.1. The Labute approximate surface area is 155 Å². The average molecular weight is 373 g/mol. The molecule has 0 spiro atoms. The van der Waals surface area contributed by atoms with Crippen molar-refractivity contribution in [2.24, 2.45) is 9.98 Å². The van der Waals surface area contributed by atoms with Crippen LogP contribution in [-0.2, 0) is 6.54 Å². The van der Waals surface area contributed by atoms with Crippen LogP contribution in [0.25, 0.3) is 11.0 Å². The molecule has 1 amide bonds. The summed E-state index contributed by atoms with van der Waals surface area (Å²) in [5.74, 6) is 0.0495. The number of aliphatic hydroxyl groups is 1. The minimum absolute atomic E-state index is 0.0680. The number of hydrogen-bond donors (Lipinski definition) is 2. The van der Waals surface area contributed by atoms with Gasteiger partial charge in [-0.15, -0.1) is 0 Å². The van der Waals surface area contributed by atoms with Crippen molar-refractivity contribution in [1.29, 1.82) is 0 Å². The summed E-state index contributed by atoms with van der Waals surface area (Å²) in [5.41, 5.74) is 2.67. The van der Waals surface area contributed by atoms with Crippen LogP contribution in [0.15, 0.2) is 39.9 Å². The van der Waals surface area contributed by atoms with Gasteiger partial charge in [-0.3, -0.25) is 9.79 Å². The van der Waals surface area contributed by atoms with Gasteiger partial charge in [-0.05, 0) is 6.92 Å². The Morgan fingerprint density at radius 2 is 2.30 bits per heavy atom. The van der Waals surface area contributed by atoms with Crippen molar-refractivity contribution in [3.63, 3.8) is 0 Å². The molecule has 142 valence electrons. The smallest absolute Gasteiger partial charge is 0.255 e. The SMILES string of the molecule is COc1cnc2c(C(=O)NCCF)cn(CC3=NCC=NC(O)=C3C)c2c1. The quantitative estimate of drug-likeness (QED) is 0.809. The van der Waals surface area contributed by atoms with Gasteiger partial charge in [-0.2, -0.15) is 0 Å². The van der Waals surface area contributed by atoms with Crippen molar-refractivity contribution >= 4 is 28.9 Å². The van der Waals surface area contributed by atoms with Gasteiger partial charge in [0, 0.05) is 30.6 Å². The van der Waals surface area contributed by atoms with Crippen LogP contribution in [0.1, 0.15) is 17.3 Å². The number of carbonyl (C=O) groups is 1. The van der Waals surface area contributed by atoms with Crippen LogP contribution in [-0.4, -0.2) is 59.4 Å².